The van der Waals surface area contributed by atoms with Gasteiger partial charge < -0.3 is 19.3 Å². The fourth-order valence-electron chi connectivity index (χ4n) is 4.49. The van der Waals surface area contributed by atoms with Gasteiger partial charge in [-0.25, -0.2) is 0 Å². The second-order valence-corrected chi connectivity index (χ2v) is 8.21. The highest BCUT2D eigenvalue weighted by molar-refractivity contribution is 5.79. The molecular formula is C20H34N2O3. The standard InChI is InChI=1S/C20H34N2O3/c1-21(2)12-14-24-16-20-10-6-13-25-18(20)9-11-22(15-20)19(23)17-7-4-3-5-8-17/h3-4,17-18H,5-16H2,1-2H3/t17-,18-,20+/m0/s1. The maximum absolute atomic E-state index is 13.0. The predicted molar refractivity (Wildman–Crippen MR) is 98.5 cm³/mol. The molecule has 0 radical (unpaired) electrons. The molecule has 0 unspecified atom stereocenters. The van der Waals surface area contributed by atoms with Gasteiger partial charge in [0.1, 0.15) is 0 Å². The molecular weight excluding hydrogens is 316 g/mol. The Balaban J connectivity index is 1.62. The van der Waals surface area contributed by atoms with Crippen molar-refractivity contribution in [1.82, 2.24) is 9.80 Å². The van der Waals surface area contributed by atoms with Crippen LogP contribution in [-0.2, 0) is 14.3 Å². The molecule has 2 fully saturated rings. The topological polar surface area (TPSA) is 42.0 Å². The van der Waals surface area contributed by atoms with Gasteiger partial charge in [0.25, 0.3) is 0 Å². The molecule has 0 aromatic heterocycles. The maximum atomic E-state index is 13.0. The lowest BCUT2D eigenvalue weighted by atomic mass is 9.72. The van der Waals surface area contributed by atoms with Crippen LogP contribution in [-0.4, -0.2) is 75.4 Å². The third-order valence-corrected chi connectivity index (χ3v) is 5.99. The Kier molecular flexibility index (Phi) is 6.53. The Morgan fingerprint density at radius 2 is 2.24 bits per heavy atom. The summed E-state index contributed by atoms with van der Waals surface area (Å²) in [5.41, 5.74) is -0.0109. The van der Waals surface area contributed by atoms with Crippen LogP contribution in [0.25, 0.3) is 0 Å². The third kappa shape index (κ3) is 4.63. The number of nitrogens with zero attached hydrogens (tertiary/aromatic N) is 2. The van der Waals surface area contributed by atoms with Crippen LogP contribution in [0.4, 0.5) is 0 Å². The highest BCUT2D eigenvalue weighted by atomic mass is 16.5. The zero-order valence-corrected chi connectivity index (χ0v) is 15.9. The summed E-state index contributed by atoms with van der Waals surface area (Å²) in [4.78, 5) is 17.2. The van der Waals surface area contributed by atoms with Crippen LogP contribution < -0.4 is 0 Å². The number of fused-ring (bicyclic) bond motifs is 1. The SMILES string of the molecule is CN(C)CCOC[C@]12CCCO[C@H]1CCN(C(=O)[C@H]1CC=CCC1)C2. The summed E-state index contributed by atoms with van der Waals surface area (Å²) in [7, 11) is 4.13. The van der Waals surface area contributed by atoms with Gasteiger partial charge in [0.05, 0.1) is 19.3 Å². The fourth-order valence-corrected chi connectivity index (χ4v) is 4.49. The molecule has 142 valence electrons. The van der Waals surface area contributed by atoms with Gasteiger partial charge in [-0.2, -0.15) is 0 Å². The molecule has 5 nitrogen and oxygen atoms in total. The average Bonchev–Trinajstić information content (AvgIpc) is 2.65. The number of carbonyl (C=O) groups excluding carboxylic acids is 1. The van der Waals surface area contributed by atoms with Crippen molar-refractivity contribution in [3.63, 3.8) is 0 Å². The van der Waals surface area contributed by atoms with Crippen molar-refractivity contribution in [2.75, 3.05) is 53.6 Å². The largest absolute Gasteiger partial charge is 0.379 e. The molecule has 5 heteroatoms. The third-order valence-electron chi connectivity index (χ3n) is 5.99. The number of ether oxygens (including phenoxy) is 2. The summed E-state index contributed by atoms with van der Waals surface area (Å²) in [6, 6.07) is 0. The zero-order valence-electron chi connectivity index (χ0n) is 15.9. The maximum Gasteiger partial charge on any atom is 0.226 e. The molecule has 0 aromatic rings. The van der Waals surface area contributed by atoms with E-state index in [4.69, 9.17) is 9.47 Å². The molecule has 0 N–H and O–H groups in total. The molecule has 25 heavy (non-hydrogen) atoms. The van der Waals surface area contributed by atoms with Crippen LogP contribution in [0.2, 0.25) is 0 Å². The summed E-state index contributed by atoms with van der Waals surface area (Å²) >= 11 is 0. The van der Waals surface area contributed by atoms with Crippen LogP contribution in [0, 0.1) is 11.3 Å². The number of piperidine rings is 1. The summed E-state index contributed by atoms with van der Waals surface area (Å²) in [6.45, 7) is 4.87. The van der Waals surface area contributed by atoms with Gasteiger partial charge in [-0.3, -0.25) is 4.79 Å². The lowest BCUT2D eigenvalue weighted by Gasteiger charge is -2.50. The Morgan fingerprint density at radius 1 is 1.36 bits per heavy atom. The summed E-state index contributed by atoms with van der Waals surface area (Å²) in [5.74, 6) is 0.527. The molecule has 3 aliphatic rings. The molecule has 0 spiro atoms. The first-order valence-corrected chi connectivity index (χ1v) is 9.89. The van der Waals surface area contributed by atoms with E-state index in [-0.39, 0.29) is 17.4 Å². The monoisotopic (exact) mass is 350 g/mol. The smallest absolute Gasteiger partial charge is 0.226 e. The average molecular weight is 351 g/mol. The summed E-state index contributed by atoms with van der Waals surface area (Å²) in [5, 5.41) is 0. The van der Waals surface area contributed by atoms with Gasteiger partial charge in [0.2, 0.25) is 5.91 Å². The van der Waals surface area contributed by atoms with Crippen molar-refractivity contribution < 1.29 is 14.3 Å². The molecule has 3 atom stereocenters. The van der Waals surface area contributed by atoms with Gasteiger partial charge in [-0.1, -0.05) is 12.2 Å². The number of carbonyl (C=O) groups is 1. The van der Waals surface area contributed by atoms with Gasteiger partial charge in [-0.05, 0) is 52.6 Å². The van der Waals surface area contributed by atoms with Gasteiger partial charge in [0.15, 0.2) is 0 Å². The van der Waals surface area contributed by atoms with Crippen molar-refractivity contribution in [3.8, 4) is 0 Å². The first-order chi connectivity index (χ1) is 12.1. The Hall–Kier alpha value is -0.910. The van der Waals surface area contributed by atoms with Crippen molar-refractivity contribution in [2.24, 2.45) is 11.3 Å². The first kappa shape index (κ1) is 18.9. The molecule has 1 aliphatic carbocycles. The van der Waals surface area contributed by atoms with Crippen molar-refractivity contribution in [2.45, 2.75) is 44.6 Å². The number of hydrogen-bond donors (Lipinski definition) is 0. The minimum Gasteiger partial charge on any atom is -0.379 e. The minimum absolute atomic E-state index is 0.0109. The molecule has 0 bridgehead atoms. The molecule has 2 aliphatic heterocycles. The van der Waals surface area contributed by atoms with Crippen LogP contribution >= 0.6 is 0 Å². The number of allylic oxidation sites excluding steroid dienone is 2. The second-order valence-electron chi connectivity index (χ2n) is 8.21. The quantitative estimate of drug-likeness (QED) is 0.545. The minimum atomic E-state index is -0.0109. The molecule has 1 amide bonds. The lowest BCUT2D eigenvalue weighted by molar-refractivity contribution is -0.167. The van der Waals surface area contributed by atoms with Crippen LogP contribution in [0.3, 0.4) is 0 Å². The second kappa shape index (κ2) is 8.65. The number of rotatable bonds is 6. The Labute approximate surface area is 152 Å². The highest BCUT2D eigenvalue weighted by Crippen LogP contribution is 2.41. The first-order valence-electron chi connectivity index (χ1n) is 9.89. The molecule has 2 saturated heterocycles. The van der Waals surface area contributed by atoms with E-state index in [1.165, 1.54) is 0 Å². The molecule has 3 rings (SSSR count). The number of amides is 1. The lowest BCUT2D eigenvalue weighted by Crippen LogP contribution is -2.59. The van der Waals surface area contributed by atoms with E-state index < -0.39 is 0 Å². The fraction of sp³-hybridized carbons (Fsp3) is 0.850. The van der Waals surface area contributed by atoms with Crippen LogP contribution in [0.1, 0.15) is 38.5 Å². The zero-order chi connectivity index (χ0) is 17.7. The van der Waals surface area contributed by atoms with Crippen molar-refractivity contribution >= 4 is 5.91 Å². The Morgan fingerprint density at radius 3 is 3.00 bits per heavy atom. The van der Waals surface area contributed by atoms with Gasteiger partial charge in [-0.15, -0.1) is 0 Å². The molecule has 0 saturated carbocycles. The van der Waals surface area contributed by atoms with E-state index in [9.17, 15) is 4.79 Å². The predicted octanol–water partition coefficient (Wildman–Crippen LogP) is 2.32. The van der Waals surface area contributed by atoms with Gasteiger partial charge >= 0.3 is 0 Å². The van der Waals surface area contributed by atoms with Crippen molar-refractivity contribution in [1.29, 1.82) is 0 Å². The summed E-state index contributed by atoms with van der Waals surface area (Å²) in [6.07, 6.45) is 10.7. The van der Waals surface area contributed by atoms with Crippen LogP contribution in [0.15, 0.2) is 12.2 Å². The Bertz CT molecular complexity index is 480. The van der Waals surface area contributed by atoms with Crippen LogP contribution in [0.5, 0.6) is 0 Å². The normalized spacial score (nSPS) is 32.7. The van der Waals surface area contributed by atoms with E-state index in [1.54, 1.807) is 0 Å². The summed E-state index contributed by atoms with van der Waals surface area (Å²) < 4.78 is 12.1. The number of likely N-dealkylation sites (N-methyl/N-ethyl adjacent to an activating group) is 1. The van der Waals surface area contributed by atoms with E-state index in [1.807, 2.05) is 0 Å². The van der Waals surface area contributed by atoms with E-state index in [0.29, 0.717) is 12.5 Å². The number of hydrogen-bond acceptors (Lipinski definition) is 4. The van der Waals surface area contributed by atoms with Crippen molar-refractivity contribution in [3.05, 3.63) is 12.2 Å². The van der Waals surface area contributed by atoms with E-state index in [0.717, 1.165) is 71.4 Å². The number of likely N-dealkylation sites (tertiary alicyclic amines) is 1. The molecule has 2 heterocycles. The van der Waals surface area contributed by atoms with E-state index >= 15 is 0 Å². The van der Waals surface area contributed by atoms with Gasteiger partial charge in [0, 0.05) is 37.6 Å². The highest BCUT2D eigenvalue weighted by Gasteiger charge is 2.47. The molecule has 0 aromatic carbocycles. The van der Waals surface area contributed by atoms with E-state index in [2.05, 4.69) is 36.0 Å².